The van der Waals surface area contributed by atoms with Gasteiger partial charge in [0.15, 0.2) is 10.9 Å². The number of nitrogens with one attached hydrogen (secondary N) is 2. The second-order valence-corrected chi connectivity index (χ2v) is 9.81. The molecule has 1 heterocycles. The highest BCUT2D eigenvalue weighted by Crippen LogP contribution is 2.53. The molecule has 6 nitrogen and oxygen atoms in total. The van der Waals surface area contributed by atoms with Gasteiger partial charge in [-0.05, 0) is 47.5 Å². The maximum absolute atomic E-state index is 14.3. The normalized spacial score (nSPS) is 12.6. The lowest BCUT2D eigenvalue weighted by molar-refractivity contribution is -0.348. The molecule has 0 unspecified atom stereocenters. The van der Waals surface area contributed by atoms with Crippen LogP contribution in [0, 0.1) is 0 Å². The van der Waals surface area contributed by atoms with Gasteiger partial charge in [-0.3, -0.25) is 5.43 Å². The molecule has 0 saturated heterocycles. The van der Waals surface area contributed by atoms with Crippen LogP contribution in [0.25, 0.3) is 17.1 Å². The summed E-state index contributed by atoms with van der Waals surface area (Å²) in [5.74, 6) is 0.540. The first-order valence-electron chi connectivity index (χ1n) is 12.3. The summed E-state index contributed by atoms with van der Waals surface area (Å²) < 4.78 is 93.5. The summed E-state index contributed by atoms with van der Waals surface area (Å²) in [7, 11) is 0. The van der Waals surface area contributed by atoms with Gasteiger partial charge in [-0.25, -0.2) is 14.1 Å². The lowest BCUT2D eigenvalue weighted by Crippen LogP contribution is -2.50. The van der Waals surface area contributed by atoms with Crippen LogP contribution in [0.1, 0.15) is 36.5 Å². The van der Waals surface area contributed by atoms with E-state index in [4.69, 9.17) is 12.2 Å². The molecule has 220 valence electrons. The van der Waals surface area contributed by atoms with Crippen LogP contribution in [-0.2, 0) is 5.67 Å². The first-order valence-corrected chi connectivity index (χ1v) is 12.8. The van der Waals surface area contributed by atoms with Crippen LogP contribution in [0.2, 0.25) is 0 Å². The molecule has 0 aliphatic rings. The molecule has 4 rings (SSSR count). The van der Waals surface area contributed by atoms with E-state index in [-0.39, 0.29) is 11.5 Å². The molecule has 0 bridgehead atoms. The molecule has 42 heavy (non-hydrogen) atoms. The molecular weight excluding hydrogens is 585 g/mol. The van der Waals surface area contributed by atoms with Gasteiger partial charge >= 0.3 is 18.0 Å². The molecule has 1 aromatic heterocycles. The Balaban J connectivity index is 1.41. The van der Waals surface area contributed by atoms with Crippen molar-refractivity contribution in [3.63, 3.8) is 0 Å². The fourth-order valence-corrected chi connectivity index (χ4v) is 4.16. The number of rotatable bonds is 7. The molecule has 0 aliphatic carbocycles. The molecule has 14 heteroatoms. The van der Waals surface area contributed by atoms with E-state index in [0.29, 0.717) is 28.7 Å². The highest BCUT2D eigenvalue weighted by molar-refractivity contribution is 7.80. The molecule has 0 amide bonds. The van der Waals surface area contributed by atoms with Crippen molar-refractivity contribution in [1.29, 1.82) is 0 Å². The topological polar surface area (TPSA) is 67.1 Å². The average Bonchev–Trinajstić information content (AvgIpc) is 3.42. The summed E-state index contributed by atoms with van der Waals surface area (Å²) in [4.78, 5) is 4.13. The van der Waals surface area contributed by atoms with E-state index in [2.05, 4.69) is 39.8 Å². The summed E-state index contributed by atoms with van der Waals surface area (Å²) in [6, 6.07) is 17.3. The second kappa shape index (κ2) is 11.9. The van der Waals surface area contributed by atoms with Gasteiger partial charge in [0.1, 0.15) is 6.33 Å². The number of alkyl halides is 7. The number of anilines is 1. The van der Waals surface area contributed by atoms with Crippen molar-refractivity contribution in [2.45, 2.75) is 37.8 Å². The average molecular weight is 609 g/mol. The van der Waals surface area contributed by atoms with Gasteiger partial charge in [-0.1, -0.05) is 68.4 Å². The van der Waals surface area contributed by atoms with Crippen LogP contribution in [0.3, 0.4) is 0 Å². The number of aromatic nitrogens is 3. The second-order valence-electron chi connectivity index (χ2n) is 9.40. The van der Waals surface area contributed by atoms with E-state index >= 15 is 0 Å². The maximum atomic E-state index is 14.3. The number of nitrogens with zero attached hydrogens (tertiary/aromatic N) is 4. The van der Waals surface area contributed by atoms with Crippen molar-refractivity contribution < 1.29 is 30.7 Å². The van der Waals surface area contributed by atoms with Crippen molar-refractivity contribution in [1.82, 2.24) is 20.2 Å². The minimum absolute atomic E-state index is 0.0830. The zero-order chi connectivity index (χ0) is 30.7. The van der Waals surface area contributed by atoms with E-state index in [0.717, 1.165) is 33.6 Å². The van der Waals surface area contributed by atoms with E-state index in [1.807, 2.05) is 24.3 Å². The summed E-state index contributed by atoms with van der Waals surface area (Å²) in [6.07, 6.45) is -9.61. The van der Waals surface area contributed by atoms with Crippen LogP contribution in [-0.4, -0.2) is 38.4 Å². The van der Waals surface area contributed by atoms with E-state index < -0.39 is 23.6 Å². The summed E-state index contributed by atoms with van der Waals surface area (Å²) in [6.45, 7) is 4.16. The fraction of sp³-hybridized carbons (Fsp3) is 0.214. The van der Waals surface area contributed by atoms with Gasteiger partial charge in [0.2, 0.25) is 0 Å². The van der Waals surface area contributed by atoms with Crippen LogP contribution < -0.4 is 10.7 Å². The van der Waals surface area contributed by atoms with Gasteiger partial charge in [-0.15, -0.1) is 5.10 Å². The zero-order valence-corrected chi connectivity index (χ0v) is 22.8. The Morgan fingerprint density at radius 1 is 0.881 bits per heavy atom. The number of para-hydroxylation sites is 1. The summed E-state index contributed by atoms with van der Waals surface area (Å²) in [5, 5.41) is 11.8. The Labute approximate surface area is 241 Å². The summed E-state index contributed by atoms with van der Waals surface area (Å²) in [5.41, 5.74) is -0.968. The number of hydrogen-bond donors (Lipinski definition) is 2. The Bertz CT molecular complexity index is 1550. The lowest BCUT2D eigenvalue weighted by Gasteiger charge is -2.30. The molecule has 0 atom stereocenters. The monoisotopic (exact) mass is 608 g/mol. The predicted molar refractivity (Wildman–Crippen MR) is 149 cm³/mol. The van der Waals surface area contributed by atoms with Crippen LogP contribution >= 0.6 is 12.2 Å². The Morgan fingerprint density at radius 2 is 1.50 bits per heavy atom. The van der Waals surface area contributed by atoms with E-state index in [1.54, 1.807) is 30.5 Å². The first kappa shape index (κ1) is 30.6. The predicted octanol–water partition coefficient (Wildman–Crippen LogP) is 7.67. The Hall–Kier alpha value is -4.33. The molecule has 0 saturated carbocycles. The zero-order valence-electron chi connectivity index (χ0n) is 22.0. The highest BCUT2D eigenvalue weighted by atomic mass is 32.1. The fourth-order valence-electron chi connectivity index (χ4n) is 4.00. The molecular formula is C28H23F7N6S. The standard InChI is InChI=1S/C28H23F7N6S/c1-17(2)22-5-3-4-6-23(22)38-25(42)39-37-15-18-7-9-19(10-8-18)24-36-16-41(40-24)21-13-11-20(12-14-21)26(29,27(30,31)32)28(33,34)35/h3-17H,1-2H3,(H2,38,39,42)/b37-15+. The van der Waals surface area contributed by atoms with Crippen molar-refractivity contribution in [2.24, 2.45) is 5.10 Å². The van der Waals surface area contributed by atoms with Gasteiger partial charge < -0.3 is 5.32 Å². The Morgan fingerprint density at radius 3 is 2.10 bits per heavy atom. The molecule has 2 N–H and O–H groups in total. The van der Waals surface area contributed by atoms with Crippen molar-refractivity contribution in [3.8, 4) is 17.1 Å². The molecule has 0 aliphatic heterocycles. The third-order valence-corrected chi connectivity index (χ3v) is 6.38. The third kappa shape index (κ3) is 6.43. The van der Waals surface area contributed by atoms with E-state index in [1.165, 1.54) is 6.33 Å². The van der Waals surface area contributed by atoms with Crippen molar-refractivity contribution >= 4 is 29.2 Å². The maximum Gasteiger partial charge on any atom is 0.435 e. The molecule has 3 aromatic carbocycles. The smallest absolute Gasteiger partial charge is 0.331 e. The molecule has 0 spiro atoms. The van der Waals surface area contributed by atoms with Crippen LogP contribution in [0.5, 0.6) is 0 Å². The number of hydrogen-bond acceptors (Lipinski definition) is 4. The van der Waals surface area contributed by atoms with Gasteiger partial charge in [0.05, 0.1) is 11.9 Å². The van der Waals surface area contributed by atoms with Crippen molar-refractivity contribution in [2.75, 3.05) is 5.32 Å². The highest BCUT2D eigenvalue weighted by Gasteiger charge is 2.73. The van der Waals surface area contributed by atoms with Gasteiger partial charge in [0.25, 0.3) is 0 Å². The van der Waals surface area contributed by atoms with Crippen LogP contribution in [0.15, 0.2) is 84.2 Å². The molecule has 0 radical (unpaired) electrons. The third-order valence-electron chi connectivity index (χ3n) is 6.18. The van der Waals surface area contributed by atoms with Gasteiger partial charge in [-0.2, -0.15) is 31.4 Å². The quantitative estimate of drug-likeness (QED) is 0.0976. The molecule has 4 aromatic rings. The number of thiocarbonyl (C=S) groups is 1. The molecule has 0 fully saturated rings. The summed E-state index contributed by atoms with van der Waals surface area (Å²) >= 11 is 5.31. The largest absolute Gasteiger partial charge is 0.435 e. The lowest BCUT2D eigenvalue weighted by atomic mass is 9.94. The number of halogens is 7. The first-order chi connectivity index (χ1) is 19.7. The SMILES string of the molecule is CC(C)c1ccccc1NC(=S)N/N=C/c1ccc(-c2ncn(-c3ccc(C(F)(C(F)(F)F)C(F)(F)F)cc3)n2)cc1. The van der Waals surface area contributed by atoms with E-state index in [9.17, 15) is 30.7 Å². The van der Waals surface area contributed by atoms with Gasteiger partial charge in [0, 0.05) is 16.8 Å². The minimum atomic E-state index is -6.19. The number of benzene rings is 3. The van der Waals surface area contributed by atoms with Crippen LogP contribution in [0.4, 0.5) is 36.4 Å². The Kier molecular flexibility index (Phi) is 8.66. The number of hydrazone groups is 1. The minimum Gasteiger partial charge on any atom is -0.331 e. The van der Waals surface area contributed by atoms with Crippen molar-refractivity contribution in [3.05, 3.63) is 95.8 Å².